The van der Waals surface area contributed by atoms with E-state index in [4.69, 9.17) is 25.5 Å². The van der Waals surface area contributed by atoms with Crippen molar-refractivity contribution in [2.24, 2.45) is 0 Å². The van der Waals surface area contributed by atoms with Gasteiger partial charge in [0.1, 0.15) is 24.4 Å². The van der Waals surface area contributed by atoms with Gasteiger partial charge in [0, 0.05) is 0 Å². The molecular weight excluding hydrogens is 228 g/mol. The van der Waals surface area contributed by atoms with Gasteiger partial charge in [0.05, 0.1) is 6.61 Å². The Morgan fingerprint density at radius 2 is 1.38 bits per heavy atom. The third kappa shape index (κ3) is 11.7. The number of rotatable bonds is 5. The number of carbonyl (C=O) groups is 1. The van der Waals surface area contributed by atoms with E-state index in [1.54, 1.807) is 0 Å². The maximum Gasteiger partial charge on any atom is 1.00 e. The standard InChI is InChI=1S/C6H12O6.2Li.2Na.4H/c7-1-3(9)5(11)6(12)4(10)2-8;;;;;;;;/h1,3-6,8-12H,2H2;;;;;;;;/q;4*+1;4*-1/t3-,4+,5+,6+;;;;;;;;/m0......../s1. The normalized spacial score (nSPS) is 15.8. The first kappa shape index (κ1) is 31.2. The summed E-state index contributed by atoms with van der Waals surface area (Å²) in [4.78, 5) is 9.90. The quantitative estimate of drug-likeness (QED) is 0.242. The predicted molar refractivity (Wildman–Crippen MR) is 41.6 cm³/mol. The van der Waals surface area contributed by atoms with E-state index in [0.717, 1.165) is 0 Å². The topological polar surface area (TPSA) is 118 Å². The fourth-order valence-electron chi connectivity index (χ4n) is 0.618. The third-order valence-electron chi connectivity index (χ3n) is 1.42. The molecule has 4 atom stereocenters. The van der Waals surface area contributed by atoms with Crippen molar-refractivity contribution < 1.29 is 133 Å². The van der Waals surface area contributed by atoms with Gasteiger partial charge in [0.2, 0.25) is 0 Å². The molecule has 10 heteroatoms. The van der Waals surface area contributed by atoms with Crippen LogP contribution in [0.3, 0.4) is 0 Å². The first-order valence-electron chi connectivity index (χ1n) is 3.33. The van der Waals surface area contributed by atoms with E-state index in [-0.39, 0.29) is 109 Å². The zero-order chi connectivity index (χ0) is 9.72. The Bertz CT molecular complexity index is 169. The summed E-state index contributed by atoms with van der Waals surface area (Å²) in [6.45, 7) is -0.760. The van der Waals surface area contributed by atoms with Gasteiger partial charge in [-0.25, -0.2) is 0 Å². The molecule has 0 rings (SSSR count). The van der Waals surface area contributed by atoms with Gasteiger partial charge in [0.25, 0.3) is 0 Å². The van der Waals surface area contributed by atoms with Gasteiger partial charge in [-0.3, -0.25) is 0 Å². The summed E-state index contributed by atoms with van der Waals surface area (Å²) in [7, 11) is 0. The molecule has 0 amide bonds. The second-order valence-corrected chi connectivity index (χ2v) is 2.36. The number of hydrogen-bond donors (Lipinski definition) is 5. The summed E-state index contributed by atoms with van der Waals surface area (Å²) in [5.74, 6) is 0. The van der Waals surface area contributed by atoms with Gasteiger partial charge in [-0.05, 0) is 0 Å². The number of aliphatic hydroxyl groups is 5. The summed E-state index contributed by atoms with van der Waals surface area (Å²) in [5.41, 5.74) is 0. The zero-order valence-electron chi connectivity index (χ0n) is 14.2. The van der Waals surface area contributed by atoms with Crippen LogP contribution >= 0.6 is 0 Å². The zero-order valence-corrected chi connectivity index (χ0v) is 14.2. The monoisotopic (exact) mass is 244 g/mol. The molecular formula is C6H16Li2Na2O6. The molecule has 80 valence electrons. The van der Waals surface area contributed by atoms with Crippen molar-refractivity contribution in [3.05, 3.63) is 0 Å². The molecule has 0 heterocycles. The van der Waals surface area contributed by atoms with Crippen LogP contribution in [0.5, 0.6) is 0 Å². The van der Waals surface area contributed by atoms with E-state index in [1.165, 1.54) is 0 Å². The van der Waals surface area contributed by atoms with Gasteiger partial charge < -0.3 is 36.0 Å². The first-order chi connectivity index (χ1) is 5.54. The van der Waals surface area contributed by atoms with Crippen LogP contribution in [0.4, 0.5) is 0 Å². The molecule has 6 nitrogen and oxygen atoms in total. The Morgan fingerprint density at radius 1 is 1.00 bits per heavy atom. The second kappa shape index (κ2) is 17.7. The van der Waals surface area contributed by atoms with Crippen LogP contribution < -0.4 is 96.8 Å². The molecule has 0 aliphatic heterocycles. The molecule has 0 unspecified atom stereocenters. The molecule has 0 aliphatic rings. The van der Waals surface area contributed by atoms with E-state index >= 15 is 0 Å². The van der Waals surface area contributed by atoms with Crippen molar-refractivity contribution in [3.63, 3.8) is 0 Å². The SMILES string of the molecule is O=C[C@H](O)[C@@H](O)[C@H](O)[C@H](O)CO.[H-].[H-].[H-].[H-].[Li+].[Li+].[Na+].[Na+]. The van der Waals surface area contributed by atoms with Crippen LogP contribution in [0, 0.1) is 0 Å². The largest absolute Gasteiger partial charge is 1.00 e. The van der Waals surface area contributed by atoms with Gasteiger partial charge >= 0.3 is 96.8 Å². The minimum absolute atomic E-state index is 0. The van der Waals surface area contributed by atoms with Gasteiger partial charge in [-0.2, -0.15) is 0 Å². The maximum absolute atomic E-state index is 9.90. The molecule has 5 N–H and O–H groups in total. The summed E-state index contributed by atoms with van der Waals surface area (Å²) in [6, 6.07) is 0. The van der Waals surface area contributed by atoms with Crippen LogP contribution in [-0.4, -0.2) is 62.8 Å². The number of carbonyl (C=O) groups excluding carboxylic acids is 1. The fourth-order valence-corrected chi connectivity index (χ4v) is 0.618. The van der Waals surface area contributed by atoms with Gasteiger partial charge in [-0.1, -0.05) is 0 Å². The molecule has 0 aromatic heterocycles. The Balaban J connectivity index is -0.0000000216. The molecule has 0 fully saturated rings. The van der Waals surface area contributed by atoms with Gasteiger partial charge in [0.15, 0.2) is 6.29 Å². The molecule has 0 saturated carbocycles. The Morgan fingerprint density at radius 3 is 1.62 bits per heavy atom. The summed E-state index contributed by atoms with van der Waals surface area (Å²) in [6.07, 6.45) is -6.84. The third-order valence-corrected chi connectivity index (χ3v) is 1.42. The van der Waals surface area contributed by atoms with Crippen molar-refractivity contribution in [3.8, 4) is 0 Å². The summed E-state index contributed by atoms with van der Waals surface area (Å²) >= 11 is 0. The Kier molecular flexibility index (Phi) is 34.4. The van der Waals surface area contributed by atoms with Crippen LogP contribution in [0.25, 0.3) is 0 Å². The molecule has 0 aromatic rings. The van der Waals surface area contributed by atoms with Crippen LogP contribution in [0.15, 0.2) is 0 Å². The molecule has 16 heavy (non-hydrogen) atoms. The molecule has 0 saturated heterocycles. The van der Waals surface area contributed by atoms with Gasteiger partial charge in [-0.15, -0.1) is 0 Å². The smallest absolute Gasteiger partial charge is 1.00 e. The second-order valence-electron chi connectivity index (χ2n) is 2.36. The van der Waals surface area contributed by atoms with Crippen molar-refractivity contribution in [2.45, 2.75) is 24.4 Å². The average molecular weight is 244 g/mol. The molecule has 0 aromatic carbocycles. The first-order valence-corrected chi connectivity index (χ1v) is 3.33. The minimum Gasteiger partial charge on any atom is -1.00 e. The Hall–Kier alpha value is 2.66. The number of aldehydes is 1. The van der Waals surface area contributed by atoms with E-state index in [1.807, 2.05) is 0 Å². The van der Waals surface area contributed by atoms with Crippen LogP contribution in [0.1, 0.15) is 5.71 Å². The number of hydrogen-bond acceptors (Lipinski definition) is 6. The van der Waals surface area contributed by atoms with Crippen molar-refractivity contribution in [2.75, 3.05) is 6.61 Å². The molecule has 0 bridgehead atoms. The van der Waals surface area contributed by atoms with E-state index in [9.17, 15) is 4.79 Å². The van der Waals surface area contributed by atoms with Crippen LogP contribution in [-0.2, 0) is 4.79 Å². The van der Waals surface area contributed by atoms with E-state index in [2.05, 4.69) is 0 Å². The average Bonchev–Trinajstić information content (AvgIpc) is 2.12. The van der Waals surface area contributed by atoms with Crippen molar-refractivity contribution in [1.29, 1.82) is 0 Å². The minimum atomic E-state index is -1.79. The molecule has 0 spiro atoms. The van der Waals surface area contributed by atoms with E-state index < -0.39 is 31.0 Å². The summed E-state index contributed by atoms with van der Waals surface area (Å²) in [5, 5.41) is 43.5. The predicted octanol–water partition coefficient (Wildman–Crippen LogP) is -14.9. The van der Waals surface area contributed by atoms with Crippen molar-refractivity contribution >= 4 is 6.29 Å². The molecule has 0 aliphatic carbocycles. The molecule has 0 radical (unpaired) electrons. The van der Waals surface area contributed by atoms with Crippen molar-refractivity contribution in [1.82, 2.24) is 0 Å². The summed E-state index contributed by atoms with van der Waals surface area (Å²) < 4.78 is 0. The van der Waals surface area contributed by atoms with Crippen LogP contribution in [0.2, 0.25) is 0 Å². The fraction of sp³-hybridized carbons (Fsp3) is 0.833. The number of aliphatic hydroxyl groups excluding tert-OH is 5. The maximum atomic E-state index is 9.90. The van der Waals surface area contributed by atoms with E-state index in [0.29, 0.717) is 0 Å². The Labute approximate surface area is 168 Å².